The highest BCUT2D eigenvalue weighted by molar-refractivity contribution is 8.13. The van der Waals surface area contributed by atoms with Gasteiger partial charge in [0.1, 0.15) is 23.8 Å². The molecule has 17 heteroatoms. The van der Waals surface area contributed by atoms with Crippen LogP contribution in [0.25, 0.3) is 0 Å². The highest BCUT2D eigenvalue weighted by Crippen LogP contribution is 2.60. The molecule has 1 N–H and O–H groups in total. The van der Waals surface area contributed by atoms with E-state index in [1.165, 1.54) is 12.3 Å². The molecule has 1 aromatic heterocycles. The van der Waals surface area contributed by atoms with Crippen LogP contribution in [0.4, 0.5) is 4.79 Å². The Morgan fingerprint density at radius 1 is 1.22 bits per heavy atom. The van der Waals surface area contributed by atoms with Crippen LogP contribution >= 0.6 is 31.2 Å². The Balaban J connectivity index is 1.34. The molecule has 0 saturated carbocycles. The predicted octanol–water partition coefficient (Wildman–Crippen LogP) is 3.65. The van der Waals surface area contributed by atoms with E-state index >= 15 is 0 Å². The van der Waals surface area contributed by atoms with Crippen molar-refractivity contribution in [2.75, 3.05) is 32.1 Å². The minimum absolute atomic E-state index is 0.0725. The van der Waals surface area contributed by atoms with Crippen LogP contribution in [0.3, 0.4) is 0 Å². The highest BCUT2D eigenvalue weighted by atomic mass is 35.5. The molecule has 3 heterocycles. The normalized spacial score (nSPS) is 26.3. The van der Waals surface area contributed by atoms with Crippen molar-refractivity contribution in [3.8, 4) is 0 Å². The molecule has 1 aromatic carbocycles. The maximum Gasteiger partial charge on any atom is 0.475 e. The van der Waals surface area contributed by atoms with Crippen LogP contribution in [-0.2, 0) is 50.5 Å². The van der Waals surface area contributed by atoms with Gasteiger partial charge in [-0.2, -0.15) is 0 Å². The van der Waals surface area contributed by atoms with E-state index in [1.807, 2.05) is 30.3 Å². The van der Waals surface area contributed by atoms with Gasteiger partial charge in [0.15, 0.2) is 11.3 Å². The highest BCUT2D eigenvalue weighted by Gasteiger charge is 2.60. The molecule has 0 spiro atoms. The summed E-state index contributed by atoms with van der Waals surface area (Å²) in [6.07, 6.45) is -2.26. The largest absolute Gasteiger partial charge is 0.475 e. The Morgan fingerprint density at radius 3 is 2.67 bits per heavy atom. The fourth-order valence-electron chi connectivity index (χ4n) is 4.60. The number of amides is 1. The maximum absolute atomic E-state index is 13.3. The molecular weight excluding hydrogens is 653 g/mol. The first-order chi connectivity index (χ1) is 21.3. The summed E-state index contributed by atoms with van der Waals surface area (Å²) in [5, 5.41) is 2.32. The SMILES string of the molecule is CCOC(=O)NCC(C)(C)C(=O)SCCOP1(=O)OC[C@H]2O[C@@H](n3ccc(=O)n(COCc4ccccc4)c3=O)[C@](C)(Cl)[C@@H]2O1. The quantitative estimate of drug-likeness (QED) is 0.185. The average molecular weight is 690 g/mol. The number of hydrogen-bond acceptors (Lipinski definition) is 12. The van der Waals surface area contributed by atoms with Crippen LogP contribution in [0.2, 0.25) is 0 Å². The monoisotopic (exact) mass is 689 g/mol. The molecule has 0 bridgehead atoms. The zero-order valence-electron chi connectivity index (χ0n) is 25.3. The van der Waals surface area contributed by atoms with Gasteiger partial charge in [-0.25, -0.2) is 18.7 Å². The summed E-state index contributed by atoms with van der Waals surface area (Å²) in [5.74, 6) is 0.132. The van der Waals surface area contributed by atoms with Crippen LogP contribution in [-0.4, -0.2) is 69.5 Å². The number of phosphoric ester groups is 1. The summed E-state index contributed by atoms with van der Waals surface area (Å²) >= 11 is 7.84. The molecule has 2 saturated heterocycles. The fourth-order valence-corrected chi connectivity index (χ4v) is 7.41. The van der Waals surface area contributed by atoms with Gasteiger partial charge in [0.2, 0.25) is 0 Å². The second kappa shape index (κ2) is 14.9. The molecule has 0 aliphatic carbocycles. The van der Waals surface area contributed by atoms with Crippen molar-refractivity contribution in [1.82, 2.24) is 14.5 Å². The Bertz CT molecular complexity index is 1520. The number of benzene rings is 1. The number of nitrogens with zero attached hydrogens (tertiary/aromatic N) is 2. The van der Waals surface area contributed by atoms with Gasteiger partial charge in [-0.15, -0.1) is 11.6 Å². The molecule has 45 heavy (non-hydrogen) atoms. The minimum atomic E-state index is -4.11. The molecule has 2 aromatic rings. The molecule has 2 aliphatic rings. The van der Waals surface area contributed by atoms with Gasteiger partial charge in [-0.05, 0) is 19.4 Å². The third kappa shape index (κ3) is 8.66. The number of alkyl carbamates (subject to hydrolysis) is 1. The summed E-state index contributed by atoms with van der Waals surface area (Å²) in [5.41, 5.74) is -1.30. The molecule has 2 fully saturated rings. The van der Waals surface area contributed by atoms with Crippen molar-refractivity contribution in [2.45, 2.75) is 64.3 Å². The zero-order valence-corrected chi connectivity index (χ0v) is 27.8. The van der Waals surface area contributed by atoms with E-state index in [4.69, 9.17) is 39.4 Å². The maximum atomic E-state index is 13.3. The van der Waals surface area contributed by atoms with E-state index in [1.54, 1.807) is 27.7 Å². The Labute approximate surface area is 269 Å². The third-order valence-electron chi connectivity index (χ3n) is 7.07. The number of carbonyl (C=O) groups excluding carboxylic acids is 2. The van der Waals surface area contributed by atoms with Crippen LogP contribution in [0.5, 0.6) is 0 Å². The van der Waals surface area contributed by atoms with Crippen molar-refractivity contribution in [2.24, 2.45) is 5.41 Å². The Hall–Kier alpha value is -2.49. The van der Waals surface area contributed by atoms with E-state index in [9.17, 15) is 23.7 Å². The first kappa shape index (κ1) is 35.4. The summed E-state index contributed by atoms with van der Waals surface area (Å²) in [6.45, 7) is 6.43. The van der Waals surface area contributed by atoms with Gasteiger partial charge in [0.05, 0.1) is 31.8 Å². The number of halogens is 1. The number of aromatic nitrogens is 2. The van der Waals surface area contributed by atoms with Crippen molar-refractivity contribution in [3.63, 3.8) is 0 Å². The molecule has 0 radical (unpaired) electrons. The number of phosphoric acid groups is 1. The molecule has 2 aliphatic heterocycles. The predicted molar refractivity (Wildman–Crippen MR) is 165 cm³/mol. The fraction of sp³-hybridized carbons (Fsp3) is 0.571. The number of rotatable bonds is 13. The Morgan fingerprint density at radius 2 is 1.96 bits per heavy atom. The van der Waals surface area contributed by atoms with Gasteiger partial charge in [0, 0.05) is 24.6 Å². The standard InChI is InChI=1S/C28H37ClN3O11PS/c1-5-39-25(35)30-17-27(2,3)24(34)45-14-13-40-44(37)41-16-20-22(43-44)28(4,29)23(42-20)31-12-11-21(33)32(26(31)36)18-38-15-19-9-7-6-8-10-19/h6-12,20,22-23H,5,13-18H2,1-4H3,(H,30,35)/t20-,22-,23-,28-,44?/m1/s1. The minimum Gasteiger partial charge on any atom is -0.450 e. The molecule has 4 rings (SSSR count). The molecular formula is C28H37ClN3O11PS. The van der Waals surface area contributed by atoms with Crippen molar-refractivity contribution >= 4 is 42.4 Å². The molecule has 5 atom stereocenters. The van der Waals surface area contributed by atoms with Crippen molar-refractivity contribution < 1.29 is 41.9 Å². The lowest BCUT2D eigenvalue weighted by atomic mass is 9.96. The van der Waals surface area contributed by atoms with Crippen LogP contribution in [0.15, 0.2) is 52.2 Å². The van der Waals surface area contributed by atoms with E-state index in [0.717, 1.165) is 26.5 Å². The number of thioether (sulfide) groups is 1. The van der Waals surface area contributed by atoms with Gasteiger partial charge in [-0.3, -0.25) is 27.7 Å². The second-order valence-corrected chi connectivity index (χ2v) is 14.6. The van der Waals surface area contributed by atoms with Gasteiger partial charge < -0.3 is 19.5 Å². The van der Waals surface area contributed by atoms with E-state index < -0.39 is 53.9 Å². The zero-order chi connectivity index (χ0) is 32.8. The molecule has 14 nitrogen and oxygen atoms in total. The number of nitrogens with one attached hydrogen (secondary N) is 1. The number of ether oxygens (including phenoxy) is 3. The van der Waals surface area contributed by atoms with Crippen molar-refractivity contribution in [3.05, 3.63) is 69.0 Å². The van der Waals surface area contributed by atoms with Crippen LogP contribution in [0.1, 0.15) is 39.5 Å². The molecule has 1 amide bonds. The average Bonchev–Trinajstić information content (AvgIpc) is 3.25. The van der Waals surface area contributed by atoms with E-state index in [0.29, 0.717) is 0 Å². The van der Waals surface area contributed by atoms with E-state index in [-0.39, 0.29) is 50.6 Å². The second-order valence-electron chi connectivity index (χ2n) is 11.1. The molecule has 248 valence electrons. The first-order valence-corrected chi connectivity index (χ1v) is 17.0. The van der Waals surface area contributed by atoms with Gasteiger partial charge in [0.25, 0.3) is 5.56 Å². The summed E-state index contributed by atoms with van der Waals surface area (Å²) < 4.78 is 48.4. The summed E-state index contributed by atoms with van der Waals surface area (Å²) in [7, 11) is -4.11. The number of carbonyl (C=O) groups is 2. The summed E-state index contributed by atoms with van der Waals surface area (Å²) in [6, 6.07) is 10.5. The topological polar surface area (TPSA) is 163 Å². The smallest absolute Gasteiger partial charge is 0.450 e. The van der Waals surface area contributed by atoms with Gasteiger partial charge in [-0.1, -0.05) is 55.9 Å². The lowest BCUT2D eigenvalue weighted by Crippen LogP contribution is -2.47. The third-order valence-corrected chi connectivity index (χ3v) is 10.1. The molecule has 1 unspecified atom stereocenters. The van der Waals surface area contributed by atoms with Gasteiger partial charge >= 0.3 is 19.6 Å². The van der Waals surface area contributed by atoms with Crippen LogP contribution in [0, 0.1) is 5.41 Å². The number of hydrogen-bond donors (Lipinski definition) is 1. The van der Waals surface area contributed by atoms with Crippen molar-refractivity contribution in [1.29, 1.82) is 0 Å². The Kier molecular flexibility index (Phi) is 11.7. The summed E-state index contributed by atoms with van der Waals surface area (Å²) in [4.78, 5) is 48.6. The number of fused-ring (bicyclic) bond motifs is 1. The van der Waals surface area contributed by atoms with E-state index in [2.05, 4.69) is 5.32 Å². The first-order valence-electron chi connectivity index (χ1n) is 14.2. The lowest BCUT2D eigenvalue weighted by Gasteiger charge is -2.34. The van der Waals surface area contributed by atoms with Crippen LogP contribution < -0.4 is 16.6 Å². The number of alkyl halides is 1. The lowest BCUT2D eigenvalue weighted by molar-refractivity contribution is -0.117.